The maximum absolute atomic E-state index is 11.4. The van der Waals surface area contributed by atoms with E-state index in [4.69, 9.17) is 0 Å². The average Bonchev–Trinajstić information content (AvgIpc) is 2.75. The van der Waals surface area contributed by atoms with Gasteiger partial charge in [0.15, 0.2) is 9.84 Å². The normalized spacial score (nSPS) is 33.5. The summed E-state index contributed by atoms with van der Waals surface area (Å²) < 4.78 is 22.1. The predicted octanol–water partition coefficient (Wildman–Crippen LogP) is 0.400. The molecular formula is C8H12O3S. The number of sulfone groups is 1. The molecule has 0 aromatic rings. The van der Waals surface area contributed by atoms with Gasteiger partial charge < -0.3 is 0 Å². The first kappa shape index (κ1) is 8.23. The summed E-state index contributed by atoms with van der Waals surface area (Å²) in [5.41, 5.74) is 0. The molecule has 0 bridgehead atoms. The fourth-order valence-corrected chi connectivity index (χ4v) is 3.47. The van der Waals surface area contributed by atoms with Crippen LogP contribution in [0.25, 0.3) is 0 Å². The van der Waals surface area contributed by atoms with Crippen molar-refractivity contribution in [1.82, 2.24) is 0 Å². The molecule has 12 heavy (non-hydrogen) atoms. The summed E-state index contributed by atoms with van der Waals surface area (Å²) >= 11 is 0. The molecule has 1 saturated carbocycles. The van der Waals surface area contributed by atoms with Gasteiger partial charge in [-0.1, -0.05) is 0 Å². The molecule has 0 amide bonds. The molecule has 68 valence electrons. The quantitative estimate of drug-likeness (QED) is 0.630. The fourth-order valence-electron chi connectivity index (χ4n) is 1.72. The van der Waals surface area contributed by atoms with Crippen LogP contribution >= 0.6 is 0 Å². The van der Waals surface area contributed by atoms with Crippen molar-refractivity contribution in [2.45, 2.75) is 19.3 Å². The molecule has 1 heterocycles. The van der Waals surface area contributed by atoms with Gasteiger partial charge in [0, 0.05) is 11.8 Å². The standard InChI is InChI=1S/C8H12O3S/c9-8(6-1-2-6)7-3-4-12(10,11)5-7/h6-7H,1-5H2. The van der Waals surface area contributed by atoms with Crippen LogP contribution in [0.2, 0.25) is 0 Å². The first-order chi connectivity index (χ1) is 5.58. The van der Waals surface area contributed by atoms with Gasteiger partial charge in [-0.2, -0.15) is 0 Å². The lowest BCUT2D eigenvalue weighted by Gasteiger charge is -2.03. The van der Waals surface area contributed by atoms with Crippen LogP contribution in [0, 0.1) is 11.8 Å². The Morgan fingerprint density at radius 1 is 1.08 bits per heavy atom. The number of Topliss-reactive ketones (excluding diaryl/α,β-unsaturated/α-hetero) is 1. The lowest BCUT2D eigenvalue weighted by atomic mass is 10.0. The van der Waals surface area contributed by atoms with E-state index in [1.54, 1.807) is 0 Å². The van der Waals surface area contributed by atoms with Gasteiger partial charge in [0.05, 0.1) is 11.5 Å². The third kappa shape index (κ3) is 1.53. The lowest BCUT2D eigenvalue weighted by Crippen LogP contribution is -2.17. The number of carbonyl (C=O) groups is 1. The Kier molecular flexibility index (Phi) is 1.75. The van der Waals surface area contributed by atoms with Crippen LogP contribution in [0.1, 0.15) is 19.3 Å². The highest BCUT2D eigenvalue weighted by atomic mass is 32.2. The molecule has 2 rings (SSSR count). The molecule has 3 nitrogen and oxygen atoms in total. The van der Waals surface area contributed by atoms with Crippen LogP contribution in [0.4, 0.5) is 0 Å². The molecule has 2 fully saturated rings. The van der Waals surface area contributed by atoms with Crippen LogP contribution in [-0.2, 0) is 14.6 Å². The first-order valence-electron chi connectivity index (χ1n) is 4.33. The molecule has 1 unspecified atom stereocenters. The second-order valence-corrected chi connectivity index (χ2v) is 6.01. The topological polar surface area (TPSA) is 51.2 Å². The zero-order chi connectivity index (χ0) is 8.77. The van der Waals surface area contributed by atoms with E-state index in [0.29, 0.717) is 6.42 Å². The highest BCUT2D eigenvalue weighted by Gasteiger charge is 2.40. The van der Waals surface area contributed by atoms with Crippen LogP contribution < -0.4 is 0 Å². The SMILES string of the molecule is O=C(C1CC1)C1CCS(=O)(=O)C1. The maximum Gasteiger partial charge on any atom is 0.151 e. The lowest BCUT2D eigenvalue weighted by molar-refractivity contribution is -0.123. The van der Waals surface area contributed by atoms with E-state index in [1.807, 2.05) is 0 Å². The molecule has 1 aliphatic carbocycles. The third-order valence-corrected chi connectivity index (χ3v) is 4.38. The van der Waals surface area contributed by atoms with Gasteiger partial charge in [-0.05, 0) is 19.3 Å². The largest absolute Gasteiger partial charge is 0.299 e. The Hall–Kier alpha value is -0.380. The minimum atomic E-state index is -2.87. The number of carbonyl (C=O) groups excluding carboxylic acids is 1. The monoisotopic (exact) mass is 188 g/mol. The summed E-state index contributed by atoms with van der Waals surface area (Å²) in [7, 11) is -2.87. The summed E-state index contributed by atoms with van der Waals surface area (Å²) in [6.45, 7) is 0. The van der Waals surface area contributed by atoms with Crippen molar-refractivity contribution >= 4 is 15.6 Å². The number of hydrogen-bond acceptors (Lipinski definition) is 3. The molecule has 0 spiro atoms. The van der Waals surface area contributed by atoms with Crippen LogP contribution in [0.5, 0.6) is 0 Å². The fraction of sp³-hybridized carbons (Fsp3) is 0.875. The average molecular weight is 188 g/mol. The van der Waals surface area contributed by atoms with E-state index in [2.05, 4.69) is 0 Å². The third-order valence-electron chi connectivity index (χ3n) is 2.61. The van der Waals surface area contributed by atoms with Gasteiger partial charge in [0.25, 0.3) is 0 Å². The Bertz CT molecular complexity index is 300. The smallest absolute Gasteiger partial charge is 0.151 e. The molecule has 4 heteroatoms. The maximum atomic E-state index is 11.4. The summed E-state index contributed by atoms with van der Waals surface area (Å²) in [4.78, 5) is 11.4. The van der Waals surface area contributed by atoms with Crippen molar-refractivity contribution in [2.75, 3.05) is 11.5 Å². The van der Waals surface area contributed by atoms with E-state index < -0.39 is 9.84 Å². The van der Waals surface area contributed by atoms with Gasteiger partial charge >= 0.3 is 0 Å². The van der Waals surface area contributed by atoms with Gasteiger partial charge in [0.2, 0.25) is 0 Å². The van der Waals surface area contributed by atoms with E-state index in [1.165, 1.54) is 0 Å². The second-order valence-electron chi connectivity index (χ2n) is 3.78. The minimum absolute atomic E-state index is 0.113. The van der Waals surface area contributed by atoms with Crippen molar-refractivity contribution in [2.24, 2.45) is 11.8 Å². The van der Waals surface area contributed by atoms with E-state index in [-0.39, 0.29) is 29.1 Å². The number of hydrogen-bond donors (Lipinski definition) is 0. The van der Waals surface area contributed by atoms with Crippen molar-refractivity contribution in [3.8, 4) is 0 Å². The minimum Gasteiger partial charge on any atom is -0.299 e. The van der Waals surface area contributed by atoms with Crippen LogP contribution in [-0.4, -0.2) is 25.7 Å². The number of rotatable bonds is 2. The zero-order valence-electron chi connectivity index (χ0n) is 6.82. The summed E-state index contributed by atoms with van der Waals surface area (Å²) in [6, 6.07) is 0. The first-order valence-corrected chi connectivity index (χ1v) is 6.15. The number of ketones is 1. The van der Waals surface area contributed by atoms with Crippen molar-refractivity contribution in [3.63, 3.8) is 0 Å². The Labute approximate surface area is 72.1 Å². The Morgan fingerprint density at radius 3 is 2.17 bits per heavy atom. The van der Waals surface area contributed by atoms with E-state index in [9.17, 15) is 13.2 Å². The van der Waals surface area contributed by atoms with Crippen molar-refractivity contribution in [1.29, 1.82) is 0 Å². The molecule has 1 atom stereocenters. The predicted molar refractivity (Wildman–Crippen MR) is 44.5 cm³/mol. The molecule has 0 radical (unpaired) electrons. The molecule has 0 aromatic carbocycles. The van der Waals surface area contributed by atoms with E-state index in [0.717, 1.165) is 12.8 Å². The molecule has 2 aliphatic rings. The van der Waals surface area contributed by atoms with Crippen LogP contribution in [0.3, 0.4) is 0 Å². The summed E-state index contributed by atoms with van der Waals surface area (Å²) in [6.07, 6.45) is 2.53. The van der Waals surface area contributed by atoms with Crippen molar-refractivity contribution in [3.05, 3.63) is 0 Å². The molecular weight excluding hydrogens is 176 g/mol. The van der Waals surface area contributed by atoms with Gasteiger partial charge in [0.1, 0.15) is 5.78 Å². The second kappa shape index (κ2) is 2.55. The van der Waals surface area contributed by atoms with Gasteiger partial charge in [-0.25, -0.2) is 8.42 Å². The van der Waals surface area contributed by atoms with Gasteiger partial charge in [-0.3, -0.25) is 4.79 Å². The molecule has 1 saturated heterocycles. The Morgan fingerprint density at radius 2 is 1.75 bits per heavy atom. The summed E-state index contributed by atoms with van der Waals surface area (Å²) in [5.74, 6) is 0.584. The zero-order valence-corrected chi connectivity index (χ0v) is 7.64. The van der Waals surface area contributed by atoms with Gasteiger partial charge in [-0.15, -0.1) is 0 Å². The van der Waals surface area contributed by atoms with E-state index >= 15 is 0 Å². The highest BCUT2D eigenvalue weighted by molar-refractivity contribution is 7.91. The summed E-state index contributed by atoms with van der Waals surface area (Å²) in [5, 5.41) is 0. The molecule has 0 aromatic heterocycles. The molecule has 1 aliphatic heterocycles. The molecule has 0 N–H and O–H groups in total. The van der Waals surface area contributed by atoms with Crippen LogP contribution in [0.15, 0.2) is 0 Å². The van der Waals surface area contributed by atoms with Crippen molar-refractivity contribution < 1.29 is 13.2 Å². The Balaban J connectivity index is 2.03. The highest BCUT2D eigenvalue weighted by Crippen LogP contribution is 2.35.